The van der Waals surface area contributed by atoms with Crippen LogP contribution in [0.2, 0.25) is 5.02 Å². The van der Waals surface area contributed by atoms with Crippen molar-refractivity contribution in [3.05, 3.63) is 88.1 Å². The number of carbonyl (C=O) groups excluding carboxylic acids is 2. The zero-order valence-corrected chi connectivity index (χ0v) is 22.1. The average molecular weight is 517 g/mol. The summed E-state index contributed by atoms with van der Waals surface area (Å²) < 4.78 is 12.6. The number of benzene rings is 3. The van der Waals surface area contributed by atoms with Crippen LogP contribution in [0.1, 0.15) is 40.5 Å². The number of hydrogen-bond donors (Lipinski definition) is 0. The topological polar surface area (TPSA) is 60.8 Å². The summed E-state index contributed by atoms with van der Waals surface area (Å²) in [5, 5.41) is 1.39. The van der Waals surface area contributed by atoms with E-state index in [2.05, 4.69) is 6.92 Å². The highest BCUT2D eigenvalue weighted by molar-refractivity contribution is 6.30. The fraction of sp³-hybridized carbons (Fsp3) is 0.267. The Morgan fingerprint density at radius 3 is 2.35 bits per heavy atom. The molecule has 0 radical (unpaired) electrons. The molecule has 4 aromatic rings. The fourth-order valence-electron chi connectivity index (χ4n) is 5.27. The molecule has 2 heterocycles. The van der Waals surface area contributed by atoms with Gasteiger partial charge in [-0.05, 0) is 98.5 Å². The maximum absolute atomic E-state index is 13.9. The van der Waals surface area contributed by atoms with E-state index in [4.69, 9.17) is 21.1 Å². The summed E-state index contributed by atoms with van der Waals surface area (Å²) in [7, 11) is 3.25. The fourth-order valence-corrected chi connectivity index (χ4v) is 5.39. The van der Waals surface area contributed by atoms with E-state index in [0.29, 0.717) is 16.3 Å². The molecule has 5 rings (SSSR count). The molecular formula is C30H29ClN2O4. The predicted octanol–water partition coefficient (Wildman–Crippen LogP) is 6.22. The quantitative estimate of drug-likeness (QED) is 0.316. The second-order valence-corrected chi connectivity index (χ2v) is 9.85. The van der Waals surface area contributed by atoms with E-state index in [1.807, 2.05) is 48.2 Å². The Bertz CT molecular complexity index is 1510. The highest BCUT2D eigenvalue weighted by Gasteiger charge is 2.30. The number of fused-ring (bicyclic) bond motifs is 2. The first kappa shape index (κ1) is 24.9. The lowest BCUT2D eigenvalue weighted by Crippen LogP contribution is -2.43. The maximum Gasteiger partial charge on any atom is 0.262 e. The minimum atomic E-state index is -0.174. The summed E-state index contributed by atoms with van der Waals surface area (Å²) in [5.41, 5.74) is 4.82. The Kier molecular flexibility index (Phi) is 6.69. The second kappa shape index (κ2) is 9.94. The van der Waals surface area contributed by atoms with Gasteiger partial charge < -0.3 is 14.4 Å². The minimum Gasteiger partial charge on any atom is -0.497 e. The molecule has 37 heavy (non-hydrogen) atoms. The van der Waals surface area contributed by atoms with Crippen LogP contribution in [0.5, 0.6) is 11.5 Å². The molecule has 0 fully saturated rings. The number of carbonyl (C=O) groups is 2. The van der Waals surface area contributed by atoms with E-state index in [0.717, 1.165) is 52.0 Å². The third kappa shape index (κ3) is 4.46. The van der Waals surface area contributed by atoms with E-state index in [1.165, 1.54) is 0 Å². The van der Waals surface area contributed by atoms with Crippen LogP contribution in [0.25, 0.3) is 10.9 Å². The number of aryl methyl sites for hydroxylation is 1. The van der Waals surface area contributed by atoms with E-state index in [1.54, 1.807) is 43.1 Å². The second-order valence-electron chi connectivity index (χ2n) is 9.42. The molecule has 7 heteroatoms. The van der Waals surface area contributed by atoms with Gasteiger partial charge in [-0.25, -0.2) is 0 Å². The van der Waals surface area contributed by atoms with Crippen LogP contribution in [-0.2, 0) is 17.6 Å². The lowest BCUT2D eigenvalue weighted by molar-refractivity contribution is -0.118. The predicted molar refractivity (Wildman–Crippen MR) is 146 cm³/mol. The van der Waals surface area contributed by atoms with Crippen LogP contribution >= 0.6 is 11.6 Å². The summed E-state index contributed by atoms with van der Waals surface area (Å²) in [6.45, 7) is 3.97. The molecule has 1 aliphatic heterocycles. The van der Waals surface area contributed by atoms with Crippen molar-refractivity contribution in [2.45, 2.75) is 39.2 Å². The van der Waals surface area contributed by atoms with Crippen molar-refractivity contribution in [3.63, 3.8) is 0 Å². The van der Waals surface area contributed by atoms with Gasteiger partial charge in [0.1, 0.15) is 11.5 Å². The Labute approximate surface area is 221 Å². The number of rotatable bonds is 5. The summed E-state index contributed by atoms with van der Waals surface area (Å²) in [6, 6.07) is 18.4. The van der Waals surface area contributed by atoms with Crippen molar-refractivity contribution in [1.82, 2.24) is 4.57 Å². The molecule has 6 nitrogen and oxygen atoms in total. The largest absolute Gasteiger partial charge is 0.497 e. The standard InChI is InChI=1S/C30H29ClN2O4/c1-18-5-6-21-15-23(36-3)11-13-27(21)32(18)29(34)17-25-19(2)33(28-14-12-24(37-4)16-26(25)28)30(35)20-7-9-22(31)10-8-20/h7-16,18H,5-6,17H2,1-4H3. The number of anilines is 1. The normalized spacial score (nSPS) is 14.9. The van der Waals surface area contributed by atoms with Gasteiger partial charge in [-0.1, -0.05) is 11.6 Å². The molecule has 0 aliphatic carbocycles. The van der Waals surface area contributed by atoms with Crippen molar-refractivity contribution in [2.24, 2.45) is 0 Å². The van der Waals surface area contributed by atoms with E-state index in [9.17, 15) is 9.59 Å². The molecule has 1 atom stereocenters. The monoisotopic (exact) mass is 516 g/mol. The van der Waals surface area contributed by atoms with Gasteiger partial charge in [0, 0.05) is 33.4 Å². The molecule has 1 aliphatic rings. The third-order valence-corrected chi connectivity index (χ3v) is 7.50. The molecule has 190 valence electrons. The van der Waals surface area contributed by atoms with Crippen LogP contribution in [0, 0.1) is 6.92 Å². The van der Waals surface area contributed by atoms with Gasteiger partial charge in [0.25, 0.3) is 5.91 Å². The number of ether oxygens (including phenoxy) is 2. The van der Waals surface area contributed by atoms with Crippen LogP contribution < -0.4 is 14.4 Å². The number of hydrogen-bond acceptors (Lipinski definition) is 4. The third-order valence-electron chi connectivity index (χ3n) is 7.25. The molecule has 0 saturated heterocycles. The molecule has 0 spiro atoms. The zero-order chi connectivity index (χ0) is 26.3. The number of halogens is 1. The highest BCUT2D eigenvalue weighted by Crippen LogP contribution is 2.36. The van der Waals surface area contributed by atoms with Gasteiger partial charge in [0.15, 0.2) is 0 Å². The number of aromatic nitrogens is 1. The first-order valence-corrected chi connectivity index (χ1v) is 12.7. The van der Waals surface area contributed by atoms with Crippen molar-refractivity contribution < 1.29 is 19.1 Å². The van der Waals surface area contributed by atoms with Crippen molar-refractivity contribution in [3.8, 4) is 11.5 Å². The van der Waals surface area contributed by atoms with Crippen LogP contribution in [0.3, 0.4) is 0 Å². The summed E-state index contributed by atoms with van der Waals surface area (Å²) in [4.78, 5) is 29.4. The first-order chi connectivity index (χ1) is 17.8. The molecule has 0 N–H and O–H groups in total. The number of methoxy groups -OCH3 is 2. The van der Waals surface area contributed by atoms with Gasteiger partial charge in [-0.2, -0.15) is 0 Å². The van der Waals surface area contributed by atoms with Gasteiger partial charge >= 0.3 is 0 Å². The molecule has 3 aromatic carbocycles. The summed E-state index contributed by atoms with van der Waals surface area (Å²) >= 11 is 6.04. The molecule has 0 bridgehead atoms. The Morgan fingerprint density at radius 1 is 0.973 bits per heavy atom. The lowest BCUT2D eigenvalue weighted by atomic mass is 9.95. The molecule has 0 saturated carbocycles. The highest BCUT2D eigenvalue weighted by atomic mass is 35.5. The van der Waals surface area contributed by atoms with Crippen LogP contribution in [0.4, 0.5) is 5.69 Å². The minimum absolute atomic E-state index is 0.0115. The summed E-state index contributed by atoms with van der Waals surface area (Å²) in [6.07, 6.45) is 1.92. The van der Waals surface area contributed by atoms with Crippen LogP contribution in [0.15, 0.2) is 60.7 Å². The van der Waals surface area contributed by atoms with Crippen molar-refractivity contribution in [2.75, 3.05) is 19.1 Å². The maximum atomic E-state index is 13.9. The Balaban J connectivity index is 1.58. The van der Waals surface area contributed by atoms with Gasteiger partial charge in [-0.15, -0.1) is 0 Å². The van der Waals surface area contributed by atoms with E-state index >= 15 is 0 Å². The first-order valence-electron chi connectivity index (χ1n) is 12.3. The van der Waals surface area contributed by atoms with Gasteiger partial charge in [0.2, 0.25) is 5.91 Å². The zero-order valence-electron chi connectivity index (χ0n) is 21.4. The van der Waals surface area contributed by atoms with Crippen LogP contribution in [-0.4, -0.2) is 36.6 Å². The average Bonchev–Trinajstić information content (AvgIpc) is 3.18. The molecule has 1 unspecified atom stereocenters. The van der Waals surface area contributed by atoms with Gasteiger partial charge in [0.05, 0.1) is 26.2 Å². The van der Waals surface area contributed by atoms with E-state index < -0.39 is 0 Å². The number of amides is 1. The smallest absolute Gasteiger partial charge is 0.262 e. The van der Waals surface area contributed by atoms with Crippen molar-refractivity contribution in [1.29, 1.82) is 0 Å². The number of nitrogens with zero attached hydrogens (tertiary/aromatic N) is 2. The Morgan fingerprint density at radius 2 is 1.65 bits per heavy atom. The molecule has 1 amide bonds. The van der Waals surface area contributed by atoms with Crippen molar-refractivity contribution >= 4 is 40.0 Å². The van der Waals surface area contributed by atoms with Gasteiger partial charge in [-0.3, -0.25) is 14.2 Å². The Hall–Kier alpha value is -3.77. The molecule has 1 aromatic heterocycles. The molecular weight excluding hydrogens is 488 g/mol. The summed E-state index contributed by atoms with van der Waals surface area (Å²) in [5.74, 6) is 1.27. The lowest BCUT2D eigenvalue weighted by Gasteiger charge is -2.35. The SMILES string of the molecule is COc1ccc2c(c1)CCC(C)N2C(=O)Cc1c(C)n(C(=O)c2ccc(Cl)cc2)c2ccc(OC)cc12. The van der Waals surface area contributed by atoms with E-state index in [-0.39, 0.29) is 24.3 Å².